The van der Waals surface area contributed by atoms with Crippen molar-refractivity contribution in [3.8, 4) is 5.75 Å². The van der Waals surface area contributed by atoms with Crippen molar-refractivity contribution in [2.24, 2.45) is 0 Å². The van der Waals surface area contributed by atoms with Gasteiger partial charge in [0.05, 0.1) is 6.10 Å². The van der Waals surface area contributed by atoms with Crippen molar-refractivity contribution in [3.05, 3.63) is 58.6 Å². The molecule has 2 rings (SSSR count). The summed E-state index contributed by atoms with van der Waals surface area (Å²) in [6.07, 6.45) is -0.536. The highest BCUT2D eigenvalue weighted by molar-refractivity contribution is 7.99. The normalized spacial score (nSPS) is 12.2. The molecular weight excluding hydrogens is 315 g/mol. The Balaban J connectivity index is 1.73. The van der Waals surface area contributed by atoms with Gasteiger partial charge in [-0.25, -0.2) is 0 Å². The maximum absolute atomic E-state index is 9.88. The van der Waals surface area contributed by atoms with Crippen molar-refractivity contribution >= 4 is 35.0 Å². The van der Waals surface area contributed by atoms with Gasteiger partial charge in [0.2, 0.25) is 0 Å². The van der Waals surface area contributed by atoms with Crippen molar-refractivity contribution in [2.45, 2.75) is 11.0 Å². The Morgan fingerprint density at radius 2 is 1.50 bits per heavy atom. The van der Waals surface area contributed by atoms with Crippen LogP contribution in [0.25, 0.3) is 0 Å². The van der Waals surface area contributed by atoms with Gasteiger partial charge in [0, 0.05) is 20.7 Å². The number of aliphatic hydroxyl groups excluding tert-OH is 1. The van der Waals surface area contributed by atoms with E-state index in [0.29, 0.717) is 21.5 Å². The molecule has 1 atom stereocenters. The lowest BCUT2D eigenvalue weighted by Crippen LogP contribution is -2.19. The average molecular weight is 329 g/mol. The van der Waals surface area contributed by atoms with Gasteiger partial charge in [-0.2, -0.15) is 0 Å². The van der Waals surface area contributed by atoms with E-state index in [1.807, 2.05) is 24.3 Å². The Hall–Kier alpha value is -0.870. The Morgan fingerprint density at radius 3 is 2.10 bits per heavy atom. The first kappa shape index (κ1) is 15.5. The number of aliphatic hydroxyl groups is 1. The van der Waals surface area contributed by atoms with E-state index in [4.69, 9.17) is 27.9 Å². The topological polar surface area (TPSA) is 29.5 Å². The molecule has 0 amide bonds. The van der Waals surface area contributed by atoms with E-state index in [1.165, 1.54) is 0 Å². The van der Waals surface area contributed by atoms with Gasteiger partial charge in [-0.15, -0.1) is 11.8 Å². The molecule has 0 radical (unpaired) electrons. The summed E-state index contributed by atoms with van der Waals surface area (Å²) < 4.78 is 5.49. The highest BCUT2D eigenvalue weighted by Gasteiger charge is 2.06. The van der Waals surface area contributed by atoms with E-state index >= 15 is 0 Å². The van der Waals surface area contributed by atoms with E-state index in [2.05, 4.69) is 0 Å². The molecule has 0 aliphatic heterocycles. The molecular formula is C15H14Cl2O2S. The molecule has 0 bridgehead atoms. The van der Waals surface area contributed by atoms with Crippen LogP contribution in [0, 0.1) is 0 Å². The maximum atomic E-state index is 9.88. The first-order valence-electron chi connectivity index (χ1n) is 6.08. The Labute approximate surface area is 132 Å². The van der Waals surface area contributed by atoms with E-state index in [0.717, 1.165) is 4.90 Å². The number of benzene rings is 2. The van der Waals surface area contributed by atoms with Crippen LogP contribution in [0.15, 0.2) is 53.4 Å². The maximum Gasteiger partial charge on any atom is 0.119 e. The summed E-state index contributed by atoms with van der Waals surface area (Å²) >= 11 is 13.2. The van der Waals surface area contributed by atoms with Crippen molar-refractivity contribution in [1.82, 2.24) is 0 Å². The molecule has 0 heterocycles. The van der Waals surface area contributed by atoms with Crippen LogP contribution < -0.4 is 4.74 Å². The third-order valence-corrected chi connectivity index (χ3v) is 4.17. The molecule has 0 aliphatic rings. The standard InChI is InChI=1S/C15H14Cl2O2S/c16-11-1-5-14(6-2-11)19-9-13(18)10-20-15-7-3-12(17)4-8-15/h1-8,13,18H,9-10H2. The molecule has 106 valence electrons. The number of hydrogen-bond donors (Lipinski definition) is 1. The molecule has 0 aromatic heterocycles. The molecule has 1 unspecified atom stereocenters. The van der Waals surface area contributed by atoms with Gasteiger partial charge in [-0.3, -0.25) is 0 Å². The monoisotopic (exact) mass is 328 g/mol. The number of ether oxygens (including phenoxy) is 1. The first-order chi connectivity index (χ1) is 9.63. The molecule has 0 spiro atoms. The third-order valence-electron chi connectivity index (χ3n) is 2.51. The van der Waals surface area contributed by atoms with Crippen LogP contribution in [0.4, 0.5) is 0 Å². The lowest BCUT2D eigenvalue weighted by atomic mass is 10.3. The van der Waals surface area contributed by atoms with Crippen LogP contribution in [-0.2, 0) is 0 Å². The summed E-state index contributed by atoms with van der Waals surface area (Å²) in [5, 5.41) is 11.3. The molecule has 0 saturated carbocycles. The van der Waals surface area contributed by atoms with Crippen molar-refractivity contribution in [2.75, 3.05) is 12.4 Å². The smallest absolute Gasteiger partial charge is 0.119 e. The molecule has 5 heteroatoms. The minimum absolute atomic E-state index is 0.252. The predicted octanol–water partition coefficient (Wildman–Crippen LogP) is 4.53. The van der Waals surface area contributed by atoms with Crippen LogP contribution in [-0.4, -0.2) is 23.6 Å². The average Bonchev–Trinajstić information content (AvgIpc) is 2.46. The van der Waals surface area contributed by atoms with Gasteiger partial charge < -0.3 is 9.84 Å². The fourth-order valence-electron chi connectivity index (χ4n) is 1.49. The first-order valence-corrected chi connectivity index (χ1v) is 7.82. The molecule has 2 aromatic rings. The summed E-state index contributed by atoms with van der Waals surface area (Å²) in [7, 11) is 0. The van der Waals surface area contributed by atoms with E-state index in [1.54, 1.807) is 36.0 Å². The number of thioether (sulfide) groups is 1. The lowest BCUT2D eigenvalue weighted by Gasteiger charge is -2.12. The molecule has 0 fully saturated rings. The third kappa shape index (κ3) is 5.25. The Morgan fingerprint density at radius 1 is 0.950 bits per heavy atom. The minimum atomic E-state index is -0.536. The summed E-state index contributed by atoms with van der Waals surface area (Å²) in [5.74, 6) is 1.26. The van der Waals surface area contributed by atoms with Gasteiger partial charge >= 0.3 is 0 Å². The molecule has 20 heavy (non-hydrogen) atoms. The Bertz CT molecular complexity index is 479. The zero-order chi connectivity index (χ0) is 14.4. The van der Waals surface area contributed by atoms with Gasteiger partial charge in [-0.05, 0) is 48.5 Å². The number of hydrogen-bond acceptors (Lipinski definition) is 3. The van der Waals surface area contributed by atoms with Crippen LogP contribution >= 0.6 is 35.0 Å². The lowest BCUT2D eigenvalue weighted by molar-refractivity contribution is 0.126. The second-order valence-electron chi connectivity index (χ2n) is 4.18. The molecule has 0 aliphatic carbocycles. The number of rotatable bonds is 6. The minimum Gasteiger partial charge on any atom is -0.491 e. The largest absolute Gasteiger partial charge is 0.491 e. The van der Waals surface area contributed by atoms with Crippen LogP contribution in [0.1, 0.15) is 0 Å². The van der Waals surface area contributed by atoms with E-state index < -0.39 is 6.10 Å². The summed E-state index contributed by atoms with van der Waals surface area (Å²) in [5.41, 5.74) is 0. The second kappa shape index (κ2) is 7.79. The predicted molar refractivity (Wildman–Crippen MR) is 85.1 cm³/mol. The van der Waals surface area contributed by atoms with E-state index in [9.17, 15) is 5.11 Å². The van der Waals surface area contributed by atoms with Gasteiger partial charge in [0.1, 0.15) is 12.4 Å². The second-order valence-corrected chi connectivity index (χ2v) is 6.15. The highest BCUT2D eigenvalue weighted by atomic mass is 35.5. The summed E-state index contributed by atoms with van der Waals surface area (Å²) in [4.78, 5) is 1.07. The summed E-state index contributed by atoms with van der Waals surface area (Å²) in [6.45, 7) is 0.252. The number of halogens is 2. The van der Waals surface area contributed by atoms with Gasteiger partial charge in [0.15, 0.2) is 0 Å². The fourth-order valence-corrected chi connectivity index (χ4v) is 2.56. The fraction of sp³-hybridized carbons (Fsp3) is 0.200. The zero-order valence-electron chi connectivity index (χ0n) is 10.6. The van der Waals surface area contributed by atoms with Crippen LogP contribution in [0.5, 0.6) is 5.75 Å². The van der Waals surface area contributed by atoms with Crippen molar-refractivity contribution in [3.63, 3.8) is 0 Å². The molecule has 1 N–H and O–H groups in total. The van der Waals surface area contributed by atoms with Gasteiger partial charge in [-0.1, -0.05) is 23.2 Å². The SMILES string of the molecule is OC(COc1ccc(Cl)cc1)CSc1ccc(Cl)cc1. The van der Waals surface area contributed by atoms with Crippen molar-refractivity contribution < 1.29 is 9.84 Å². The van der Waals surface area contributed by atoms with Crippen LogP contribution in [0.3, 0.4) is 0 Å². The van der Waals surface area contributed by atoms with Crippen molar-refractivity contribution in [1.29, 1.82) is 0 Å². The van der Waals surface area contributed by atoms with Crippen LogP contribution in [0.2, 0.25) is 10.0 Å². The quantitative estimate of drug-likeness (QED) is 0.790. The zero-order valence-corrected chi connectivity index (χ0v) is 13.0. The summed E-state index contributed by atoms with van der Waals surface area (Å²) in [6, 6.07) is 14.6. The van der Waals surface area contributed by atoms with Gasteiger partial charge in [0.25, 0.3) is 0 Å². The molecule has 2 nitrogen and oxygen atoms in total. The Kier molecular flexibility index (Phi) is 6.05. The van der Waals surface area contributed by atoms with E-state index in [-0.39, 0.29) is 6.61 Å². The highest BCUT2D eigenvalue weighted by Crippen LogP contribution is 2.21. The molecule has 0 saturated heterocycles. The molecule has 2 aromatic carbocycles.